The summed E-state index contributed by atoms with van der Waals surface area (Å²) in [5.74, 6) is -2.98. The van der Waals surface area contributed by atoms with Gasteiger partial charge < -0.3 is 68.9 Å². The molecule has 0 radical (unpaired) electrons. The maximum Gasteiger partial charge on any atom is 0.338 e. The molecule has 3 heterocycles. The first-order valence-corrected chi connectivity index (χ1v) is 12.0. The van der Waals surface area contributed by atoms with Crippen LogP contribution >= 0.6 is 0 Å². The molecule has 3 aliphatic rings. The lowest BCUT2D eigenvalue weighted by Gasteiger charge is -2.43. The van der Waals surface area contributed by atoms with Crippen molar-refractivity contribution in [2.75, 3.05) is 27.4 Å². The van der Waals surface area contributed by atoms with Gasteiger partial charge in [0.2, 0.25) is 6.29 Å². The summed E-state index contributed by atoms with van der Waals surface area (Å²) in [4.78, 5) is 24.7. The molecule has 0 spiro atoms. The molecule has 0 aliphatic carbocycles. The van der Waals surface area contributed by atoms with Gasteiger partial charge in [0.15, 0.2) is 12.6 Å². The van der Waals surface area contributed by atoms with Crippen molar-refractivity contribution in [1.82, 2.24) is 0 Å². The molecular weight excluding hydrogens is 532 g/mol. The lowest BCUT2D eigenvalue weighted by molar-refractivity contribution is -0.344. The number of hydrogen-bond acceptors (Lipinski definition) is 16. The number of esters is 2. The number of ether oxygens (including phenoxy) is 7. The van der Waals surface area contributed by atoms with Crippen molar-refractivity contribution in [3.8, 4) is 0 Å². The van der Waals surface area contributed by atoms with Crippen LogP contribution in [0.15, 0.2) is 23.5 Å². The van der Waals surface area contributed by atoms with Crippen LogP contribution in [0.2, 0.25) is 0 Å². The number of carbonyl (C=O) groups excluding carboxylic acids is 2. The Bertz CT molecular complexity index is 920. The van der Waals surface area contributed by atoms with Gasteiger partial charge in [0.1, 0.15) is 54.7 Å². The smallest absolute Gasteiger partial charge is 0.338 e. The number of hydrogen-bond donors (Lipinski definition) is 7. The summed E-state index contributed by atoms with van der Waals surface area (Å²) in [6.07, 6.45) is -15.3. The highest BCUT2D eigenvalue weighted by molar-refractivity contribution is 5.97. The molecule has 2 saturated heterocycles. The number of methoxy groups -OCH3 is 2. The lowest BCUT2D eigenvalue weighted by atomic mass is 9.89. The molecule has 16 nitrogen and oxygen atoms in total. The first kappa shape index (κ1) is 31.3. The van der Waals surface area contributed by atoms with Crippen molar-refractivity contribution in [3.05, 3.63) is 23.5 Å². The minimum Gasteiger partial charge on any atom is -0.468 e. The van der Waals surface area contributed by atoms with E-state index >= 15 is 0 Å². The Hall–Kier alpha value is -2.22. The largest absolute Gasteiger partial charge is 0.468 e. The third-order valence-corrected chi connectivity index (χ3v) is 6.63. The minimum atomic E-state index is -1.82. The Morgan fingerprint density at radius 1 is 0.872 bits per heavy atom. The second kappa shape index (κ2) is 13.4. The van der Waals surface area contributed by atoms with E-state index in [4.69, 9.17) is 28.4 Å². The molecule has 2 fully saturated rings. The first-order chi connectivity index (χ1) is 18.5. The summed E-state index contributed by atoms with van der Waals surface area (Å²) < 4.78 is 36.8. The van der Waals surface area contributed by atoms with Gasteiger partial charge in [-0.1, -0.05) is 6.08 Å². The number of carbonyl (C=O) groups is 2. The Morgan fingerprint density at radius 2 is 1.46 bits per heavy atom. The summed E-state index contributed by atoms with van der Waals surface area (Å²) in [6, 6.07) is 0. The van der Waals surface area contributed by atoms with Crippen molar-refractivity contribution in [1.29, 1.82) is 0 Å². The van der Waals surface area contributed by atoms with Crippen LogP contribution in [0, 0.1) is 5.92 Å². The monoisotopic (exact) mass is 566 g/mol. The molecule has 3 aliphatic heterocycles. The van der Waals surface area contributed by atoms with Crippen molar-refractivity contribution >= 4 is 11.9 Å². The van der Waals surface area contributed by atoms with Crippen LogP contribution in [0.5, 0.6) is 0 Å². The van der Waals surface area contributed by atoms with Crippen LogP contribution in [-0.4, -0.2) is 143 Å². The van der Waals surface area contributed by atoms with E-state index < -0.39 is 98.8 Å². The van der Waals surface area contributed by atoms with E-state index in [1.165, 1.54) is 13.0 Å². The molecule has 3 rings (SSSR count). The van der Waals surface area contributed by atoms with E-state index in [0.29, 0.717) is 0 Å². The SMILES string of the molecule is C/C=C1/C(O[C@@H]2O[C@H](CO[C@@H]3O[C@H](CO)[C@@H](O)[C@H](O)[C@H]3O)[C@@H](O)[C@H](O)[C@H]2O)OC=C(C(=O)OC)C1C(=O)OC. The van der Waals surface area contributed by atoms with Gasteiger partial charge in [-0.05, 0) is 6.92 Å². The van der Waals surface area contributed by atoms with E-state index in [-0.39, 0.29) is 11.1 Å². The highest BCUT2D eigenvalue weighted by Gasteiger charge is 2.49. The summed E-state index contributed by atoms with van der Waals surface area (Å²) in [5.41, 5.74) is -0.0843. The van der Waals surface area contributed by atoms with Crippen molar-refractivity contribution in [3.63, 3.8) is 0 Å². The molecule has 0 amide bonds. The average molecular weight is 567 g/mol. The molecule has 16 heteroatoms. The van der Waals surface area contributed by atoms with Gasteiger partial charge in [-0.3, -0.25) is 4.79 Å². The third-order valence-electron chi connectivity index (χ3n) is 6.63. The van der Waals surface area contributed by atoms with Crippen LogP contribution in [0.3, 0.4) is 0 Å². The van der Waals surface area contributed by atoms with Crippen molar-refractivity contribution < 1.29 is 78.5 Å². The number of allylic oxidation sites excluding steroid dienone is 1. The maximum atomic E-state index is 12.5. The molecule has 2 unspecified atom stereocenters. The van der Waals surface area contributed by atoms with Gasteiger partial charge in [-0.2, -0.15) is 0 Å². The molecule has 222 valence electrons. The number of aliphatic hydroxyl groups excluding tert-OH is 7. The zero-order valence-corrected chi connectivity index (χ0v) is 21.3. The van der Waals surface area contributed by atoms with Gasteiger partial charge in [0.05, 0.1) is 39.3 Å². The summed E-state index contributed by atoms with van der Waals surface area (Å²) in [5, 5.41) is 70.6. The summed E-state index contributed by atoms with van der Waals surface area (Å²) >= 11 is 0. The predicted octanol–water partition coefficient (Wildman–Crippen LogP) is -4.22. The molecule has 7 N–H and O–H groups in total. The van der Waals surface area contributed by atoms with Crippen molar-refractivity contribution in [2.24, 2.45) is 5.92 Å². The third kappa shape index (κ3) is 6.41. The molecular formula is C23H34O16. The summed E-state index contributed by atoms with van der Waals surface area (Å²) in [6.45, 7) is 0.257. The fourth-order valence-corrected chi connectivity index (χ4v) is 4.36. The van der Waals surface area contributed by atoms with E-state index in [1.54, 1.807) is 0 Å². The molecule has 39 heavy (non-hydrogen) atoms. The van der Waals surface area contributed by atoms with Crippen LogP contribution in [0.4, 0.5) is 0 Å². The standard InChI is InChI=1S/C23H34O16/c1-4-8-12(20(32)34-3)9(19(31)33-2)6-35-21(8)39-23-18(30)16(28)14(26)11(38-23)7-36-22-17(29)15(27)13(25)10(5-24)37-22/h4,6,10-18,21-30H,5,7H2,1-3H3/b8-4+/t10-,11-,12?,13-,14-,15+,16+,17-,18-,21?,22-,23+/m1/s1. The zero-order chi connectivity index (χ0) is 29.0. The Labute approximate surface area is 222 Å². The van der Waals surface area contributed by atoms with Crippen LogP contribution < -0.4 is 0 Å². The van der Waals surface area contributed by atoms with Gasteiger partial charge >= 0.3 is 11.9 Å². The van der Waals surface area contributed by atoms with E-state index in [1.807, 2.05) is 0 Å². The minimum absolute atomic E-state index is 0.0929. The molecule has 0 saturated carbocycles. The molecule has 0 aromatic rings. The zero-order valence-electron chi connectivity index (χ0n) is 21.3. The summed E-state index contributed by atoms with van der Waals surface area (Å²) in [7, 11) is 2.22. The highest BCUT2D eigenvalue weighted by atomic mass is 16.8. The average Bonchev–Trinajstić information content (AvgIpc) is 2.95. The Balaban J connectivity index is 1.75. The van der Waals surface area contributed by atoms with Crippen molar-refractivity contribution in [2.45, 2.75) is 74.6 Å². The van der Waals surface area contributed by atoms with E-state index in [0.717, 1.165) is 20.5 Å². The maximum absolute atomic E-state index is 12.5. The Morgan fingerprint density at radius 3 is 2.03 bits per heavy atom. The fraction of sp³-hybridized carbons (Fsp3) is 0.739. The lowest BCUT2D eigenvalue weighted by Crippen LogP contribution is -2.62. The van der Waals surface area contributed by atoms with Gasteiger partial charge in [0.25, 0.3) is 0 Å². The van der Waals surface area contributed by atoms with Gasteiger partial charge in [0, 0.05) is 5.57 Å². The second-order valence-corrected chi connectivity index (χ2v) is 8.96. The van der Waals surface area contributed by atoms with Crippen LogP contribution in [0.25, 0.3) is 0 Å². The molecule has 0 bridgehead atoms. The molecule has 0 aromatic carbocycles. The molecule has 0 aromatic heterocycles. The number of rotatable bonds is 8. The highest BCUT2D eigenvalue weighted by Crippen LogP contribution is 2.35. The fourth-order valence-electron chi connectivity index (χ4n) is 4.36. The van der Waals surface area contributed by atoms with Crippen LogP contribution in [-0.2, 0) is 42.7 Å². The predicted molar refractivity (Wildman–Crippen MR) is 122 cm³/mol. The van der Waals surface area contributed by atoms with E-state index in [9.17, 15) is 45.3 Å². The van der Waals surface area contributed by atoms with Crippen LogP contribution in [0.1, 0.15) is 6.92 Å². The second-order valence-electron chi connectivity index (χ2n) is 8.96. The van der Waals surface area contributed by atoms with Gasteiger partial charge in [-0.25, -0.2) is 4.79 Å². The quantitative estimate of drug-likeness (QED) is 0.109. The van der Waals surface area contributed by atoms with E-state index in [2.05, 4.69) is 4.74 Å². The molecule has 12 atom stereocenters. The number of aliphatic hydroxyl groups is 7. The van der Waals surface area contributed by atoms with Gasteiger partial charge in [-0.15, -0.1) is 0 Å². The topological polar surface area (TPSA) is 240 Å². The Kier molecular flexibility index (Phi) is 10.8. The normalized spacial score (nSPS) is 41.9. The first-order valence-electron chi connectivity index (χ1n) is 12.0.